The molecule has 0 aliphatic carbocycles. The quantitative estimate of drug-likeness (QED) is 0.670. The fourth-order valence-electron chi connectivity index (χ4n) is 2.39. The van der Waals surface area contributed by atoms with Gasteiger partial charge in [0.15, 0.2) is 0 Å². The fraction of sp³-hybridized carbons (Fsp3) is 0.500. The van der Waals surface area contributed by atoms with Gasteiger partial charge in [-0.05, 0) is 40.8 Å². The number of benzene rings is 1. The molecule has 6 heteroatoms. The van der Waals surface area contributed by atoms with Crippen LogP contribution in [0.15, 0.2) is 24.3 Å². The summed E-state index contributed by atoms with van der Waals surface area (Å²) in [6.45, 7) is 5.26. The van der Waals surface area contributed by atoms with Crippen molar-refractivity contribution in [2.24, 2.45) is 0 Å². The zero-order valence-electron chi connectivity index (χ0n) is 12.5. The van der Waals surface area contributed by atoms with Gasteiger partial charge >= 0.3 is 0 Å². The molecule has 1 saturated heterocycles. The van der Waals surface area contributed by atoms with E-state index in [1.54, 1.807) is 4.90 Å². The first kappa shape index (κ1) is 17.2. The van der Waals surface area contributed by atoms with Crippen LogP contribution in [0.2, 0.25) is 0 Å². The van der Waals surface area contributed by atoms with E-state index in [0.29, 0.717) is 25.1 Å². The van der Waals surface area contributed by atoms with Crippen LogP contribution in [0.3, 0.4) is 0 Å². The lowest BCUT2D eigenvalue weighted by atomic mass is 10.2. The summed E-state index contributed by atoms with van der Waals surface area (Å²) in [6.07, 6.45) is 0.360. The molecule has 0 atom stereocenters. The number of amides is 1. The number of carbonyl (C=O) groups excluding carboxylic acids is 1. The lowest BCUT2D eigenvalue weighted by Gasteiger charge is -2.30. The van der Waals surface area contributed by atoms with Crippen molar-refractivity contribution in [2.45, 2.75) is 6.42 Å². The first-order valence-electron chi connectivity index (χ1n) is 7.42. The Bertz CT molecular complexity index is 538. The Hall–Kier alpha value is -1.17. The monoisotopic (exact) mass is 413 g/mol. The molecule has 0 radical (unpaired) electrons. The topological polar surface area (TPSA) is 56.6 Å². The number of carbonyl (C=O) groups is 1. The van der Waals surface area contributed by atoms with E-state index in [1.807, 2.05) is 24.3 Å². The van der Waals surface area contributed by atoms with Crippen molar-refractivity contribution in [1.82, 2.24) is 9.80 Å². The largest absolute Gasteiger partial charge is 0.379 e. The summed E-state index contributed by atoms with van der Waals surface area (Å²) in [5.74, 6) is 0.00188. The Morgan fingerprint density at radius 3 is 2.82 bits per heavy atom. The van der Waals surface area contributed by atoms with Crippen LogP contribution in [0.5, 0.6) is 0 Å². The van der Waals surface area contributed by atoms with Crippen LogP contribution in [0.4, 0.5) is 0 Å². The molecule has 1 amide bonds. The molecule has 1 aliphatic heterocycles. The zero-order valence-corrected chi connectivity index (χ0v) is 14.7. The average molecular weight is 413 g/mol. The molecule has 22 heavy (non-hydrogen) atoms. The maximum absolute atomic E-state index is 12.6. The van der Waals surface area contributed by atoms with E-state index in [9.17, 15) is 4.79 Å². The normalized spacial score (nSPS) is 15.3. The molecule has 2 rings (SSSR count). The van der Waals surface area contributed by atoms with E-state index in [0.717, 1.165) is 36.4 Å². The summed E-state index contributed by atoms with van der Waals surface area (Å²) in [7, 11) is 0. The minimum atomic E-state index is 0.00188. The zero-order chi connectivity index (χ0) is 15.8. The number of halogens is 1. The van der Waals surface area contributed by atoms with Crippen LogP contribution >= 0.6 is 22.6 Å². The van der Waals surface area contributed by atoms with Gasteiger partial charge in [0.1, 0.15) is 0 Å². The predicted octanol–water partition coefficient (Wildman–Crippen LogP) is 1.98. The molecule has 0 spiro atoms. The molecule has 5 nitrogen and oxygen atoms in total. The first-order valence-corrected chi connectivity index (χ1v) is 8.50. The number of ether oxygens (including phenoxy) is 1. The second-order valence-electron chi connectivity index (χ2n) is 5.16. The van der Waals surface area contributed by atoms with E-state index in [-0.39, 0.29) is 5.91 Å². The number of morpholine rings is 1. The van der Waals surface area contributed by atoms with Gasteiger partial charge in [0.25, 0.3) is 5.91 Å². The fourth-order valence-corrected chi connectivity index (χ4v) is 2.93. The minimum absolute atomic E-state index is 0.00188. The third kappa shape index (κ3) is 5.23. The smallest absolute Gasteiger partial charge is 0.253 e. The van der Waals surface area contributed by atoms with Gasteiger partial charge in [0.05, 0.1) is 25.7 Å². The maximum Gasteiger partial charge on any atom is 0.253 e. The highest BCUT2D eigenvalue weighted by Crippen LogP contribution is 2.11. The molecule has 1 aromatic carbocycles. The van der Waals surface area contributed by atoms with Crippen LogP contribution in [0, 0.1) is 14.9 Å². The molecule has 1 heterocycles. The Morgan fingerprint density at radius 1 is 1.36 bits per heavy atom. The van der Waals surface area contributed by atoms with Crippen molar-refractivity contribution in [1.29, 1.82) is 5.26 Å². The van der Waals surface area contributed by atoms with E-state index >= 15 is 0 Å². The highest BCUT2D eigenvalue weighted by atomic mass is 127. The molecule has 1 aromatic rings. The predicted molar refractivity (Wildman–Crippen MR) is 92.6 cm³/mol. The van der Waals surface area contributed by atoms with E-state index < -0.39 is 0 Å². The average Bonchev–Trinajstić information content (AvgIpc) is 2.55. The lowest BCUT2D eigenvalue weighted by Crippen LogP contribution is -2.43. The molecule has 1 fully saturated rings. The number of nitrogens with zero attached hydrogens (tertiary/aromatic N) is 3. The summed E-state index contributed by atoms with van der Waals surface area (Å²) < 4.78 is 6.37. The molecule has 0 saturated carbocycles. The molecular formula is C16H20IN3O2. The Balaban J connectivity index is 1.98. The summed E-state index contributed by atoms with van der Waals surface area (Å²) in [5, 5.41) is 8.81. The molecule has 0 bridgehead atoms. The Kier molecular flexibility index (Phi) is 7.09. The number of rotatable bonds is 6. The van der Waals surface area contributed by atoms with Gasteiger partial charge in [-0.3, -0.25) is 9.69 Å². The number of hydrogen-bond acceptors (Lipinski definition) is 4. The standard InChI is InChI=1S/C16H20IN3O2/c17-15-4-1-3-14(13-15)16(21)20(6-2-5-18)8-7-19-9-11-22-12-10-19/h1,3-4,13H,2,6-12H2. The molecule has 118 valence electrons. The summed E-state index contributed by atoms with van der Waals surface area (Å²) in [5.41, 5.74) is 0.687. The third-order valence-electron chi connectivity index (χ3n) is 3.64. The number of nitriles is 1. The third-order valence-corrected chi connectivity index (χ3v) is 4.31. The van der Waals surface area contributed by atoms with Crippen molar-refractivity contribution in [3.05, 3.63) is 33.4 Å². The Labute approximate surface area is 145 Å². The van der Waals surface area contributed by atoms with Crippen molar-refractivity contribution < 1.29 is 9.53 Å². The van der Waals surface area contributed by atoms with E-state index in [4.69, 9.17) is 10.00 Å². The molecular weight excluding hydrogens is 393 g/mol. The van der Waals surface area contributed by atoms with Gasteiger partial charge < -0.3 is 9.64 Å². The second kappa shape index (κ2) is 9.08. The van der Waals surface area contributed by atoms with Crippen LogP contribution in [0.25, 0.3) is 0 Å². The highest BCUT2D eigenvalue weighted by molar-refractivity contribution is 14.1. The van der Waals surface area contributed by atoms with Gasteiger partial charge in [-0.1, -0.05) is 6.07 Å². The highest BCUT2D eigenvalue weighted by Gasteiger charge is 2.18. The van der Waals surface area contributed by atoms with Crippen LogP contribution in [-0.2, 0) is 4.74 Å². The first-order chi connectivity index (χ1) is 10.7. The van der Waals surface area contributed by atoms with Gasteiger partial charge in [0.2, 0.25) is 0 Å². The van der Waals surface area contributed by atoms with Gasteiger partial charge in [-0.25, -0.2) is 0 Å². The van der Waals surface area contributed by atoms with E-state index in [1.165, 1.54) is 0 Å². The SMILES string of the molecule is N#CCCN(CCN1CCOCC1)C(=O)c1cccc(I)c1. The van der Waals surface area contributed by atoms with Crippen LogP contribution < -0.4 is 0 Å². The van der Waals surface area contributed by atoms with Crippen LogP contribution in [-0.4, -0.2) is 61.6 Å². The molecule has 0 unspecified atom stereocenters. The second-order valence-corrected chi connectivity index (χ2v) is 6.41. The lowest BCUT2D eigenvalue weighted by molar-refractivity contribution is 0.0326. The van der Waals surface area contributed by atoms with Gasteiger partial charge in [-0.15, -0.1) is 0 Å². The summed E-state index contributed by atoms with van der Waals surface area (Å²) in [4.78, 5) is 16.7. The summed E-state index contributed by atoms with van der Waals surface area (Å²) in [6, 6.07) is 9.69. The van der Waals surface area contributed by atoms with Crippen LogP contribution in [0.1, 0.15) is 16.8 Å². The van der Waals surface area contributed by atoms with Crippen molar-refractivity contribution in [2.75, 3.05) is 45.9 Å². The van der Waals surface area contributed by atoms with Gasteiger partial charge in [-0.2, -0.15) is 5.26 Å². The molecule has 0 aromatic heterocycles. The summed E-state index contributed by atoms with van der Waals surface area (Å²) >= 11 is 2.20. The molecule has 1 aliphatic rings. The van der Waals surface area contributed by atoms with Gasteiger partial charge in [0, 0.05) is 41.9 Å². The van der Waals surface area contributed by atoms with Crippen molar-refractivity contribution in [3.63, 3.8) is 0 Å². The Morgan fingerprint density at radius 2 is 2.14 bits per heavy atom. The van der Waals surface area contributed by atoms with Crippen molar-refractivity contribution >= 4 is 28.5 Å². The molecule has 0 N–H and O–H groups in total. The minimum Gasteiger partial charge on any atom is -0.379 e. The van der Waals surface area contributed by atoms with E-state index in [2.05, 4.69) is 33.6 Å². The number of hydrogen-bond donors (Lipinski definition) is 0. The maximum atomic E-state index is 12.6. The van der Waals surface area contributed by atoms with Crippen molar-refractivity contribution in [3.8, 4) is 6.07 Å².